The van der Waals surface area contributed by atoms with Crippen LogP contribution in [0.4, 0.5) is 0 Å². The highest BCUT2D eigenvalue weighted by molar-refractivity contribution is 5.80. The average molecular weight is 306 g/mol. The average Bonchev–Trinajstić information content (AvgIpc) is 2.45. The molecule has 0 bridgehead atoms. The van der Waals surface area contributed by atoms with Crippen molar-refractivity contribution in [3.05, 3.63) is 29.8 Å². The molecule has 0 aliphatic carbocycles. The second-order valence-corrected chi connectivity index (χ2v) is 6.58. The van der Waals surface area contributed by atoms with Crippen LogP contribution in [0.25, 0.3) is 0 Å². The summed E-state index contributed by atoms with van der Waals surface area (Å²) in [6.07, 6.45) is 0. The molecule has 2 N–H and O–H groups in total. The maximum Gasteiger partial charge on any atom is 0.191 e. The molecule has 0 aromatic heterocycles. The molecule has 0 saturated carbocycles. The minimum Gasteiger partial charge on any atom is -0.497 e. The second-order valence-electron chi connectivity index (χ2n) is 6.58. The van der Waals surface area contributed by atoms with Gasteiger partial charge in [-0.3, -0.25) is 4.99 Å². The molecule has 0 fully saturated rings. The van der Waals surface area contributed by atoms with Crippen molar-refractivity contribution >= 4 is 5.96 Å². The molecule has 1 aromatic carbocycles. The van der Waals surface area contributed by atoms with Crippen molar-refractivity contribution in [2.45, 2.75) is 32.4 Å². The van der Waals surface area contributed by atoms with Crippen LogP contribution in [0.2, 0.25) is 0 Å². The molecule has 0 amide bonds. The molecule has 0 spiro atoms. The molecule has 5 nitrogen and oxygen atoms in total. The first-order chi connectivity index (χ1) is 10.3. The number of nitrogens with zero attached hydrogens (tertiary/aromatic N) is 2. The van der Waals surface area contributed by atoms with Crippen LogP contribution < -0.4 is 15.4 Å². The maximum absolute atomic E-state index is 5.22. The van der Waals surface area contributed by atoms with Gasteiger partial charge in [-0.1, -0.05) is 12.1 Å². The number of methoxy groups -OCH3 is 1. The van der Waals surface area contributed by atoms with Gasteiger partial charge in [0.15, 0.2) is 5.96 Å². The molecule has 0 heterocycles. The van der Waals surface area contributed by atoms with Crippen LogP contribution in [0, 0.1) is 0 Å². The van der Waals surface area contributed by atoms with Crippen LogP contribution in [-0.4, -0.2) is 51.2 Å². The van der Waals surface area contributed by atoms with E-state index in [0.717, 1.165) is 18.3 Å². The molecule has 1 rings (SSSR count). The summed E-state index contributed by atoms with van der Waals surface area (Å²) in [5.74, 6) is 1.69. The molecule has 0 radical (unpaired) electrons. The van der Waals surface area contributed by atoms with Crippen LogP contribution in [-0.2, 0) is 0 Å². The summed E-state index contributed by atoms with van der Waals surface area (Å²) >= 11 is 0. The van der Waals surface area contributed by atoms with E-state index in [2.05, 4.69) is 67.5 Å². The summed E-state index contributed by atoms with van der Waals surface area (Å²) in [6, 6.07) is 8.45. The van der Waals surface area contributed by atoms with Crippen molar-refractivity contribution in [2.75, 3.05) is 34.8 Å². The van der Waals surface area contributed by atoms with Gasteiger partial charge >= 0.3 is 0 Å². The number of hydrogen-bond acceptors (Lipinski definition) is 3. The Morgan fingerprint density at radius 3 is 2.23 bits per heavy atom. The number of hydrogen-bond donors (Lipinski definition) is 2. The first-order valence-electron chi connectivity index (χ1n) is 7.56. The number of likely N-dealkylation sites (N-methyl/N-ethyl adjacent to an activating group) is 1. The SMILES string of the molecule is CN=C(NCC(c1ccc(OC)cc1)N(C)C)NC(C)(C)C. The van der Waals surface area contributed by atoms with Crippen LogP contribution in [0.15, 0.2) is 29.3 Å². The number of ether oxygens (including phenoxy) is 1. The maximum atomic E-state index is 5.22. The van der Waals surface area contributed by atoms with Gasteiger partial charge in [-0.2, -0.15) is 0 Å². The van der Waals surface area contributed by atoms with Crippen LogP contribution in [0.1, 0.15) is 32.4 Å². The lowest BCUT2D eigenvalue weighted by atomic mass is 10.1. The minimum atomic E-state index is -0.0183. The fourth-order valence-electron chi connectivity index (χ4n) is 2.15. The van der Waals surface area contributed by atoms with E-state index in [1.807, 2.05) is 12.1 Å². The van der Waals surface area contributed by atoms with E-state index in [1.54, 1.807) is 14.2 Å². The Balaban J connectivity index is 2.75. The summed E-state index contributed by atoms with van der Waals surface area (Å²) in [5.41, 5.74) is 1.22. The van der Waals surface area contributed by atoms with Crippen molar-refractivity contribution in [3.8, 4) is 5.75 Å². The standard InChI is InChI=1S/C17H30N4O/c1-17(2,3)20-16(18-4)19-12-15(21(5)6)13-8-10-14(22-7)11-9-13/h8-11,15H,12H2,1-7H3,(H2,18,19,20). The van der Waals surface area contributed by atoms with Gasteiger partial charge in [-0.25, -0.2) is 0 Å². The molecular weight excluding hydrogens is 276 g/mol. The first-order valence-corrected chi connectivity index (χ1v) is 7.56. The number of benzene rings is 1. The van der Waals surface area contributed by atoms with Gasteiger partial charge in [0, 0.05) is 19.1 Å². The molecule has 0 aliphatic rings. The fourth-order valence-corrected chi connectivity index (χ4v) is 2.15. The van der Waals surface area contributed by atoms with Crippen molar-refractivity contribution in [1.82, 2.24) is 15.5 Å². The normalized spacial score (nSPS) is 13.9. The van der Waals surface area contributed by atoms with E-state index in [9.17, 15) is 0 Å². The van der Waals surface area contributed by atoms with Crippen molar-refractivity contribution in [1.29, 1.82) is 0 Å². The smallest absolute Gasteiger partial charge is 0.191 e. The molecular formula is C17H30N4O. The topological polar surface area (TPSA) is 48.9 Å². The lowest BCUT2D eigenvalue weighted by molar-refractivity contribution is 0.297. The van der Waals surface area contributed by atoms with E-state index in [4.69, 9.17) is 4.74 Å². The highest BCUT2D eigenvalue weighted by Crippen LogP contribution is 2.20. The Kier molecular flexibility index (Phi) is 6.68. The third-order valence-corrected chi connectivity index (χ3v) is 3.30. The van der Waals surface area contributed by atoms with E-state index < -0.39 is 0 Å². The zero-order chi connectivity index (χ0) is 16.8. The molecule has 5 heteroatoms. The largest absolute Gasteiger partial charge is 0.497 e. The minimum absolute atomic E-state index is 0.0183. The highest BCUT2D eigenvalue weighted by Gasteiger charge is 2.17. The monoisotopic (exact) mass is 306 g/mol. The lowest BCUT2D eigenvalue weighted by Crippen LogP contribution is -2.49. The van der Waals surface area contributed by atoms with E-state index in [0.29, 0.717) is 0 Å². The third-order valence-electron chi connectivity index (χ3n) is 3.30. The lowest BCUT2D eigenvalue weighted by Gasteiger charge is -2.28. The zero-order valence-corrected chi connectivity index (χ0v) is 14.9. The van der Waals surface area contributed by atoms with E-state index in [1.165, 1.54) is 5.56 Å². The van der Waals surface area contributed by atoms with E-state index in [-0.39, 0.29) is 11.6 Å². The third kappa shape index (κ3) is 5.93. The van der Waals surface area contributed by atoms with Gasteiger partial charge in [-0.15, -0.1) is 0 Å². The van der Waals surface area contributed by atoms with Crippen molar-refractivity contribution < 1.29 is 4.74 Å². The fraction of sp³-hybridized carbons (Fsp3) is 0.588. The van der Waals surface area contributed by atoms with Gasteiger partial charge in [0.1, 0.15) is 5.75 Å². The van der Waals surface area contributed by atoms with Gasteiger partial charge < -0.3 is 20.3 Å². The van der Waals surface area contributed by atoms with Gasteiger partial charge in [0.2, 0.25) is 0 Å². The van der Waals surface area contributed by atoms with Gasteiger partial charge in [0.05, 0.1) is 13.2 Å². The van der Waals surface area contributed by atoms with Gasteiger partial charge in [0.25, 0.3) is 0 Å². The number of nitrogens with one attached hydrogen (secondary N) is 2. The van der Waals surface area contributed by atoms with Crippen LogP contribution in [0.5, 0.6) is 5.75 Å². The Morgan fingerprint density at radius 2 is 1.82 bits per heavy atom. The molecule has 1 atom stereocenters. The molecule has 22 heavy (non-hydrogen) atoms. The Hall–Kier alpha value is -1.75. The predicted molar refractivity (Wildman–Crippen MR) is 93.7 cm³/mol. The summed E-state index contributed by atoms with van der Waals surface area (Å²) in [6.45, 7) is 7.13. The Labute approximate surface area is 134 Å². The molecule has 1 aromatic rings. The highest BCUT2D eigenvalue weighted by atomic mass is 16.5. The van der Waals surface area contributed by atoms with Gasteiger partial charge in [-0.05, 0) is 52.6 Å². The number of rotatable bonds is 5. The summed E-state index contributed by atoms with van der Waals surface area (Å²) in [7, 11) is 7.63. The molecule has 1 unspecified atom stereocenters. The van der Waals surface area contributed by atoms with Crippen molar-refractivity contribution in [2.24, 2.45) is 4.99 Å². The number of aliphatic imine (C=N–C) groups is 1. The van der Waals surface area contributed by atoms with Crippen molar-refractivity contribution in [3.63, 3.8) is 0 Å². The summed E-state index contributed by atoms with van der Waals surface area (Å²) < 4.78 is 5.22. The van der Waals surface area contributed by atoms with Crippen LogP contribution >= 0.6 is 0 Å². The van der Waals surface area contributed by atoms with E-state index >= 15 is 0 Å². The summed E-state index contributed by atoms with van der Waals surface area (Å²) in [5, 5.41) is 6.77. The predicted octanol–water partition coefficient (Wildman–Crippen LogP) is 2.26. The molecule has 0 saturated heterocycles. The Morgan fingerprint density at radius 1 is 1.23 bits per heavy atom. The molecule has 124 valence electrons. The first kappa shape index (κ1) is 18.3. The second kappa shape index (κ2) is 8.03. The molecule has 0 aliphatic heterocycles. The summed E-state index contributed by atoms with van der Waals surface area (Å²) in [4.78, 5) is 6.48. The van der Waals surface area contributed by atoms with Crippen LogP contribution in [0.3, 0.4) is 0 Å². The quantitative estimate of drug-likeness (QED) is 0.647. The Bertz CT molecular complexity index is 474. The number of guanidine groups is 1. The zero-order valence-electron chi connectivity index (χ0n) is 14.9.